The average molecular weight is 194 g/mol. The molecule has 0 bridgehead atoms. The number of carboxylic acid groups (broad SMARTS) is 1. The van der Waals surface area contributed by atoms with Gasteiger partial charge < -0.3 is 5.11 Å². The number of carboxylic acids is 1. The molecule has 0 aliphatic heterocycles. The molecule has 0 unspecified atom stereocenters. The second-order valence-electron chi connectivity index (χ2n) is 2.46. The van der Waals surface area contributed by atoms with Gasteiger partial charge in [0.15, 0.2) is 0 Å². The Balaban J connectivity index is 3.34. The summed E-state index contributed by atoms with van der Waals surface area (Å²) in [6, 6.07) is 3.33. The van der Waals surface area contributed by atoms with Crippen molar-refractivity contribution in [2.24, 2.45) is 4.99 Å². The van der Waals surface area contributed by atoms with Crippen LogP contribution in [0.25, 0.3) is 0 Å². The highest BCUT2D eigenvalue weighted by molar-refractivity contribution is 5.89. The fourth-order valence-corrected chi connectivity index (χ4v) is 0.915. The molecule has 0 aliphatic carbocycles. The third kappa shape index (κ3) is 1.92. The first-order chi connectivity index (χ1) is 6.54. The number of non-ortho nitro benzene ring substituents is 1. The molecule has 6 nitrogen and oxygen atoms in total. The van der Waals surface area contributed by atoms with Gasteiger partial charge in [-0.3, -0.25) is 15.1 Å². The Morgan fingerprint density at radius 2 is 2.14 bits per heavy atom. The van der Waals surface area contributed by atoms with Gasteiger partial charge in [0, 0.05) is 12.1 Å². The highest BCUT2D eigenvalue weighted by Gasteiger charge is 2.12. The van der Waals surface area contributed by atoms with Crippen molar-refractivity contribution in [2.75, 3.05) is 0 Å². The second-order valence-corrected chi connectivity index (χ2v) is 2.46. The van der Waals surface area contributed by atoms with Gasteiger partial charge >= 0.3 is 5.97 Å². The first kappa shape index (κ1) is 9.85. The number of aliphatic imine (C=N–C) groups is 1. The third-order valence-electron chi connectivity index (χ3n) is 1.54. The average Bonchev–Trinajstić information content (AvgIpc) is 2.16. The van der Waals surface area contributed by atoms with E-state index in [4.69, 9.17) is 5.11 Å². The number of benzene rings is 1. The van der Waals surface area contributed by atoms with Crippen LogP contribution < -0.4 is 0 Å². The largest absolute Gasteiger partial charge is 0.478 e. The van der Waals surface area contributed by atoms with Crippen LogP contribution in [0.1, 0.15) is 10.4 Å². The van der Waals surface area contributed by atoms with Crippen molar-refractivity contribution < 1.29 is 14.8 Å². The summed E-state index contributed by atoms with van der Waals surface area (Å²) in [7, 11) is 0. The van der Waals surface area contributed by atoms with Crippen LogP contribution in [0.4, 0.5) is 11.4 Å². The molecule has 0 saturated heterocycles. The summed E-state index contributed by atoms with van der Waals surface area (Å²) >= 11 is 0. The van der Waals surface area contributed by atoms with Crippen molar-refractivity contribution >= 4 is 24.1 Å². The third-order valence-corrected chi connectivity index (χ3v) is 1.54. The van der Waals surface area contributed by atoms with Gasteiger partial charge in [0.1, 0.15) is 0 Å². The molecule has 0 spiro atoms. The fraction of sp³-hybridized carbons (Fsp3) is 0. The molecule has 14 heavy (non-hydrogen) atoms. The number of nitro groups is 1. The molecule has 0 atom stereocenters. The molecule has 1 rings (SSSR count). The standard InChI is InChI=1S/C8H6N2O4/c1-9-6-2-5(8(11)12)3-7(4-6)10(13)14/h2-4H,1H2,(H,11,12). The van der Waals surface area contributed by atoms with Crippen molar-refractivity contribution in [3.05, 3.63) is 33.9 Å². The predicted octanol–water partition coefficient (Wildman–Crippen LogP) is 1.63. The van der Waals surface area contributed by atoms with E-state index in [-0.39, 0.29) is 16.9 Å². The summed E-state index contributed by atoms with van der Waals surface area (Å²) in [4.78, 5) is 23.7. The molecular weight excluding hydrogens is 188 g/mol. The summed E-state index contributed by atoms with van der Waals surface area (Å²) in [5.41, 5.74) is -0.328. The summed E-state index contributed by atoms with van der Waals surface area (Å²) in [6.07, 6.45) is 0. The molecule has 0 aliphatic rings. The predicted molar refractivity (Wildman–Crippen MR) is 49.3 cm³/mol. The maximum Gasteiger partial charge on any atom is 0.336 e. The van der Waals surface area contributed by atoms with Crippen LogP contribution in [0.2, 0.25) is 0 Å². The van der Waals surface area contributed by atoms with Gasteiger partial charge in [0.25, 0.3) is 5.69 Å². The van der Waals surface area contributed by atoms with Crippen LogP contribution >= 0.6 is 0 Å². The van der Waals surface area contributed by atoms with Gasteiger partial charge in [0.05, 0.1) is 16.2 Å². The monoisotopic (exact) mass is 194 g/mol. The fourth-order valence-electron chi connectivity index (χ4n) is 0.915. The molecule has 0 radical (unpaired) electrons. The lowest BCUT2D eigenvalue weighted by molar-refractivity contribution is -0.384. The minimum Gasteiger partial charge on any atom is -0.478 e. The minimum absolute atomic E-state index is 0.164. The molecule has 0 heterocycles. The van der Waals surface area contributed by atoms with Crippen LogP contribution in [0.3, 0.4) is 0 Å². The van der Waals surface area contributed by atoms with Crippen LogP contribution in [0.5, 0.6) is 0 Å². The van der Waals surface area contributed by atoms with E-state index in [1.54, 1.807) is 0 Å². The Kier molecular flexibility index (Phi) is 2.57. The van der Waals surface area contributed by atoms with Gasteiger partial charge in [-0.15, -0.1) is 0 Å². The highest BCUT2D eigenvalue weighted by atomic mass is 16.6. The Labute approximate surface area is 78.7 Å². The maximum atomic E-state index is 10.6. The lowest BCUT2D eigenvalue weighted by Crippen LogP contribution is -1.97. The van der Waals surface area contributed by atoms with E-state index in [1.807, 2.05) is 0 Å². The first-order valence-electron chi connectivity index (χ1n) is 3.54. The molecule has 72 valence electrons. The van der Waals surface area contributed by atoms with Crippen molar-refractivity contribution in [2.45, 2.75) is 0 Å². The smallest absolute Gasteiger partial charge is 0.336 e. The molecule has 1 aromatic carbocycles. The van der Waals surface area contributed by atoms with Crippen molar-refractivity contribution in [1.29, 1.82) is 0 Å². The second kappa shape index (κ2) is 3.65. The number of rotatable bonds is 3. The Bertz CT molecular complexity index is 382. The number of nitrogens with zero attached hydrogens (tertiary/aromatic N) is 2. The van der Waals surface area contributed by atoms with E-state index in [1.165, 1.54) is 6.07 Å². The Morgan fingerprint density at radius 1 is 1.50 bits per heavy atom. The quantitative estimate of drug-likeness (QED) is 0.449. The van der Waals surface area contributed by atoms with Gasteiger partial charge in [-0.1, -0.05) is 0 Å². The van der Waals surface area contributed by atoms with Gasteiger partial charge in [-0.05, 0) is 12.8 Å². The number of aromatic carboxylic acids is 1. The van der Waals surface area contributed by atoms with E-state index in [2.05, 4.69) is 11.7 Å². The normalized spacial score (nSPS) is 9.43. The molecule has 0 fully saturated rings. The molecule has 0 aromatic heterocycles. The maximum absolute atomic E-state index is 10.6. The van der Waals surface area contributed by atoms with E-state index in [0.29, 0.717) is 0 Å². The van der Waals surface area contributed by atoms with Crippen molar-refractivity contribution in [1.82, 2.24) is 0 Å². The number of carbonyl (C=O) groups is 1. The van der Waals surface area contributed by atoms with Gasteiger partial charge in [-0.2, -0.15) is 0 Å². The van der Waals surface area contributed by atoms with Gasteiger partial charge in [-0.25, -0.2) is 4.79 Å². The summed E-state index contributed by atoms with van der Waals surface area (Å²) in [5.74, 6) is -1.24. The molecule has 0 saturated carbocycles. The zero-order valence-electron chi connectivity index (χ0n) is 7.01. The van der Waals surface area contributed by atoms with Crippen LogP contribution in [0.15, 0.2) is 23.2 Å². The SMILES string of the molecule is C=Nc1cc(C(=O)O)cc([N+](=O)[O-])c1. The van der Waals surface area contributed by atoms with Crippen LogP contribution in [-0.4, -0.2) is 22.7 Å². The molecular formula is C8H6N2O4. The van der Waals surface area contributed by atoms with Crippen molar-refractivity contribution in [3.63, 3.8) is 0 Å². The Hall–Kier alpha value is -2.24. The molecule has 6 heteroatoms. The van der Waals surface area contributed by atoms with E-state index in [9.17, 15) is 14.9 Å². The van der Waals surface area contributed by atoms with E-state index >= 15 is 0 Å². The molecule has 1 aromatic rings. The summed E-state index contributed by atoms with van der Waals surface area (Å²) < 4.78 is 0. The van der Waals surface area contributed by atoms with E-state index < -0.39 is 10.9 Å². The number of hydrogen-bond donors (Lipinski definition) is 1. The molecule has 0 amide bonds. The van der Waals surface area contributed by atoms with Crippen LogP contribution in [0, 0.1) is 10.1 Å². The number of hydrogen-bond acceptors (Lipinski definition) is 4. The Morgan fingerprint density at radius 3 is 2.57 bits per heavy atom. The van der Waals surface area contributed by atoms with E-state index in [0.717, 1.165) is 12.1 Å². The van der Waals surface area contributed by atoms with Crippen molar-refractivity contribution in [3.8, 4) is 0 Å². The zero-order chi connectivity index (χ0) is 10.7. The zero-order valence-corrected chi connectivity index (χ0v) is 7.01. The lowest BCUT2D eigenvalue weighted by atomic mass is 10.2. The molecule has 1 N–H and O–H groups in total. The minimum atomic E-state index is -1.24. The first-order valence-corrected chi connectivity index (χ1v) is 3.54. The summed E-state index contributed by atoms with van der Waals surface area (Å²) in [6.45, 7) is 3.17. The van der Waals surface area contributed by atoms with Crippen LogP contribution in [-0.2, 0) is 0 Å². The van der Waals surface area contributed by atoms with Gasteiger partial charge in [0.2, 0.25) is 0 Å². The number of nitro benzene ring substituents is 1. The lowest BCUT2D eigenvalue weighted by Gasteiger charge is -1.97. The summed E-state index contributed by atoms with van der Waals surface area (Å²) in [5, 5.41) is 19.0. The highest BCUT2D eigenvalue weighted by Crippen LogP contribution is 2.22. The topological polar surface area (TPSA) is 92.8 Å².